The van der Waals surface area contributed by atoms with Gasteiger partial charge in [0.25, 0.3) is 0 Å². The van der Waals surface area contributed by atoms with Gasteiger partial charge in [-0.1, -0.05) is 0 Å². The van der Waals surface area contributed by atoms with E-state index in [0.29, 0.717) is 17.8 Å². The van der Waals surface area contributed by atoms with Crippen molar-refractivity contribution in [1.82, 2.24) is 15.0 Å². The van der Waals surface area contributed by atoms with Gasteiger partial charge in [-0.3, -0.25) is 5.43 Å². The summed E-state index contributed by atoms with van der Waals surface area (Å²) in [6, 6.07) is 0. The normalized spacial score (nSPS) is 10.4. The van der Waals surface area contributed by atoms with Gasteiger partial charge in [-0.2, -0.15) is 26.7 Å². The van der Waals surface area contributed by atoms with Crippen molar-refractivity contribution in [3.63, 3.8) is 0 Å². The van der Waals surface area contributed by atoms with Gasteiger partial charge in [-0.15, -0.1) is 0 Å². The Hall–Kier alpha value is -1.28. The van der Waals surface area contributed by atoms with Gasteiger partial charge >= 0.3 is 0 Å². The molecule has 0 spiro atoms. The van der Waals surface area contributed by atoms with Crippen molar-refractivity contribution < 1.29 is 0 Å². The first kappa shape index (κ1) is 16.8. The van der Waals surface area contributed by atoms with Gasteiger partial charge in [0.05, 0.1) is 0 Å². The summed E-state index contributed by atoms with van der Waals surface area (Å²) in [5, 5.41) is 3.23. The zero-order valence-corrected chi connectivity index (χ0v) is 13.3. The highest BCUT2D eigenvalue weighted by Gasteiger charge is 2.10. The number of rotatable bonds is 10. The Morgan fingerprint density at radius 2 is 1.80 bits per heavy atom. The molecule has 0 aliphatic rings. The molecule has 20 heavy (non-hydrogen) atoms. The molecule has 1 aromatic rings. The molecule has 114 valence electrons. The summed E-state index contributed by atoms with van der Waals surface area (Å²) in [5.41, 5.74) is 2.49. The minimum atomic E-state index is 0.383. The molecule has 0 radical (unpaired) electrons. The standard InChI is InChI=1S/C12H25N7S/c1-4-19(5-2)12-16-10(15-11(17-12)18-13)14-8-6-7-9-20-3/h4-9,13H2,1-3H3,(H2,14,15,16,17,18). The van der Waals surface area contributed by atoms with E-state index >= 15 is 0 Å². The first-order chi connectivity index (χ1) is 9.74. The maximum atomic E-state index is 5.41. The summed E-state index contributed by atoms with van der Waals surface area (Å²) >= 11 is 1.86. The van der Waals surface area contributed by atoms with Gasteiger partial charge in [-0.25, -0.2) is 5.84 Å². The molecule has 1 heterocycles. The number of thioether (sulfide) groups is 1. The monoisotopic (exact) mass is 299 g/mol. The molecule has 0 bridgehead atoms. The highest BCUT2D eigenvalue weighted by atomic mass is 32.2. The Kier molecular flexibility index (Phi) is 8.05. The van der Waals surface area contributed by atoms with E-state index in [4.69, 9.17) is 5.84 Å². The second kappa shape index (κ2) is 9.60. The Bertz CT molecular complexity index is 384. The summed E-state index contributed by atoms with van der Waals surface area (Å²) in [7, 11) is 0. The maximum Gasteiger partial charge on any atom is 0.243 e. The van der Waals surface area contributed by atoms with Crippen molar-refractivity contribution in [3.8, 4) is 0 Å². The molecule has 0 saturated heterocycles. The van der Waals surface area contributed by atoms with E-state index in [9.17, 15) is 0 Å². The van der Waals surface area contributed by atoms with E-state index in [-0.39, 0.29) is 0 Å². The van der Waals surface area contributed by atoms with Crippen LogP contribution in [-0.4, -0.2) is 46.6 Å². The van der Waals surface area contributed by atoms with Gasteiger partial charge < -0.3 is 10.2 Å². The van der Waals surface area contributed by atoms with E-state index < -0.39 is 0 Å². The van der Waals surface area contributed by atoms with E-state index in [2.05, 4.69) is 50.7 Å². The molecule has 0 aromatic carbocycles. The maximum absolute atomic E-state index is 5.41. The largest absolute Gasteiger partial charge is 0.354 e. The van der Waals surface area contributed by atoms with Crippen molar-refractivity contribution >= 4 is 29.6 Å². The van der Waals surface area contributed by atoms with Crippen LogP contribution in [0.4, 0.5) is 17.8 Å². The molecule has 0 saturated carbocycles. The highest BCUT2D eigenvalue weighted by Crippen LogP contribution is 2.13. The summed E-state index contributed by atoms with van der Waals surface area (Å²) in [6.07, 6.45) is 4.40. The van der Waals surface area contributed by atoms with E-state index in [1.165, 1.54) is 12.2 Å². The van der Waals surface area contributed by atoms with Gasteiger partial charge in [-0.05, 0) is 38.7 Å². The van der Waals surface area contributed by atoms with Crippen molar-refractivity contribution in [1.29, 1.82) is 0 Å². The van der Waals surface area contributed by atoms with Gasteiger partial charge in [0.15, 0.2) is 0 Å². The van der Waals surface area contributed by atoms with Crippen LogP contribution < -0.4 is 21.5 Å². The molecule has 0 aliphatic carbocycles. The fourth-order valence-electron chi connectivity index (χ4n) is 1.73. The topological polar surface area (TPSA) is 92.0 Å². The molecular weight excluding hydrogens is 274 g/mol. The second-order valence-corrected chi connectivity index (χ2v) is 5.21. The van der Waals surface area contributed by atoms with Crippen molar-refractivity contribution in [2.45, 2.75) is 26.7 Å². The second-order valence-electron chi connectivity index (χ2n) is 4.23. The lowest BCUT2D eigenvalue weighted by atomic mass is 10.3. The minimum absolute atomic E-state index is 0.383. The number of hydrogen-bond donors (Lipinski definition) is 3. The van der Waals surface area contributed by atoms with Crippen LogP contribution in [0.5, 0.6) is 0 Å². The SMILES string of the molecule is CCN(CC)c1nc(NN)nc(NCCCCSC)n1. The number of nitrogen functional groups attached to an aromatic ring is 1. The predicted octanol–water partition coefficient (Wildman–Crippen LogP) is 1.56. The molecule has 7 nitrogen and oxygen atoms in total. The van der Waals surface area contributed by atoms with Crippen molar-refractivity contribution in [2.24, 2.45) is 5.84 Å². The Balaban J connectivity index is 2.67. The predicted molar refractivity (Wildman–Crippen MR) is 87.3 cm³/mol. The quantitative estimate of drug-likeness (QED) is 0.340. The number of hydrazine groups is 1. The van der Waals surface area contributed by atoms with Crippen LogP contribution in [0.1, 0.15) is 26.7 Å². The van der Waals surface area contributed by atoms with Crippen LogP contribution in [0.15, 0.2) is 0 Å². The minimum Gasteiger partial charge on any atom is -0.354 e. The third-order valence-corrected chi connectivity index (χ3v) is 3.55. The molecule has 0 unspecified atom stereocenters. The van der Waals surface area contributed by atoms with E-state index in [1.807, 2.05) is 11.8 Å². The van der Waals surface area contributed by atoms with Crippen LogP contribution in [0, 0.1) is 0 Å². The van der Waals surface area contributed by atoms with Gasteiger partial charge in [0, 0.05) is 19.6 Å². The van der Waals surface area contributed by atoms with Gasteiger partial charge in [0.2, 0.25) is 17.8 Å². The number of aromatic nitrogens is 3. The number of nitrogens with two attached hydrogens (primary N) is 1. The van der Waals surface area contributed by atoms with E-state index in [1.54, 1.807) is 0 Å². The van der Waals surface area contributed by atoms with Crippen LogP contribution in [-0.2, 0) is 0 Å². The molecule has 4 N–H and O–H groups in total. The van der Waals surface area contributed by atoms with E-state index in [0.717, 1.165) is 26.1 Å². The molecule has 0 atom stereocenters. The Labute approximate surface area is 125 Å². The molecule has 0 amide bonds. The average molecular weight is 299 g/mol. The average Bonchev–Trinajstić information content (AvgIpc) is 2.48. The number of nitrogens with one attached hydrogen (secondary N) is 2. The number of hydrogen-bond acceptors (Lipinski definition) is 8. The highest BCUT2D eigenvalue weighted by molar-refractivity contribution is 7.98. The summed E-state index contributed by atoms with van der Waals surface area (Å²) < 4.78 is 0. The lowest BCUT2D eigenvalue weighted by molar-refractivity contribution is 0.802. The molecule has 1 rings (SSSR count). The first-order valence-electron chi connectivity index (χ1n) is 6.95. The molecular formula is C12H25N7S. The number of anilines is 3. The Morgan fingerprint density at radius 1 is 1.10 bits per heavy atom. The summed E-state index contributed by atoms with van der Waals surface area (Å²) in [4.78, 5) is 15.0. The smallest absolute Gasteiger partial charge is 0.243 e. The molecule has 8 heteroatoms. The zero-order valence-electron chi connectivity index (χ0n) is 12.5. The third-order valence-electron chi connectivity index (χ3n) is 2.86. The molecule has 0 fully saturated rings. The third kappa shape index (κ3) is 5.38. The van der Waals surface area contributed by atoms with Crippen LogP contribution in [0.3, 0.4) is 0 Å². The van der Waals surface area contributed by atoms with Crippen LogP contribution in [0.2, 0.25) is 0 Å². The Morgan fingerprint density at radius 3 is 2.40 bits per heavy atom. The summed E-state index contributed by atoms with van der Waals surface area (Å²) in [5.74, 6) is 8.19. The summed E-state index contributed by atoms with van der Waals surface area (Å²) in [6.45, 7) is 6.68. The fraction of sp³-hybridized carbons (Fsp3) is 0.750. The lowest BCUT2D eigenvalue weighted by Crippen LogP contribution is -2.26. The lowest BCUT2D eigenvalue weighted by Gasteiger charge is -2.19. The zero-order chi connectivity index (χ0) is 14.8. The van der Waals surface area contributed by atoms with Crippen molar-refractivity contribution in [2.75, 3.05) is 47.3 Å². The fourth-order valence-corrected chi connectivity index (χ4v) is 2.22. The van der Waals surface area contributed by atoms with Gasteiger partial charge in [0.1, 0.15) is 0 Å². The molecule has 1 aromatic heterocycles. The first-order valence-corrected chi connectivity index (χ1v) is 8.34. The van der Waals surface area contributed by atoms with Crippen LogP contribution in [0.25, 0.3) is 0 Å². The van der Waals surface area contributed by atoms with Crippen molar-refractivity contribution in [3.05, 3.63) is 0 Å². The molecule has 0 aliphatic heterocycles. The van der Waals surface area contributed by atoms with Crippen LogP contribution >= 0.6 is 11.8 Å². The number of nitrogens with zero attached hydrogens (tertiary/aromatic N) is 4. The number of unbranched alkanes of at least 4 members (excludes halogenated alkanes) is 1.